The van der Waals surface area contributed by atoms with Gasteiger partial charge < -0.3 is 15.4 Å². The molecule has 2 aromatic carbocycles. The van der Waals surface area contributed by atoms with Crippen LogP contribution in [-0.4, -0.2) is 34.7 Å². The average Bonchev–Trinajstić information content (AvgIpc) is 2.86. The number of carbonyl (C=O) groups excluding carboxylic acids is 2. The van der Waals surface area contributed by atoms with Crippen molar-refractivity contribution in [2.75, 3.05) is 24.4 Å². The van der Waals surface area contributed by atoms with Crippen molar-refractivity contribution < 1.29 is 14.3 Å². The van der Waals surface area contributed by atoms with Gasteiger partial charge in [0.2, 0.25) is 11.8 Å². The zero-order valence-electron chi connectivity index (χ0n) is 21.5. The molecule has 3 rings (SSSR count). The van der Waals surface area contributed by atoms with Gasteiger partial charge in [-0.15, -0.1) is 0 Å². The maximum atomic E-state index is 13.0. The Balaban J connectivity index is 1.68. The molecule has 1 atom stereocenters. The van der Waals surface area contributed by atoms with Gasteiger partial charge in [-0.05, 0) is 55.7 Å². The number of nitriles is 1. The molecule has 10 nitrogen and oxygen atoms in total. The second-order valence-electron chi connectivity index (χ2n) is 8.98. The van der Waals surface area contributed by atoms with E-state index in [4.69, 9.17) is 21.6 Å². The summed E-state index contributed by atoms with van der Waals surface area (Å²) in [4.78, 5) is 50.9. The van der Waals surface area contributed by atoms with E-state index in [9.17, 15) is 19.2 Å². The maximum absolute atomic E-state index is 13.0. The van der Waals surface area contributed by atoms with Crippen LogP contribution in [0.5, 0.6) is 0 Å². The van der Waals surface area contributed by atoms with Gasteiger partial charge in [0, 0.05) is 51.0 Å². The molecule has 0 spiro atoms. The fraction of sp³-hybridized carbons (Fsp3) is 0.370. The normalized spacial score (nSPS) is 11.7. The second-order valence-corrected chi connectivity index (χ2v) is 9.39. The highest BCUT2D eigenvalue weighted by molar-refractivity contribution is 6.32. The monoisotopic (exact) mass is 539 g/mol. The minimum absolute atomic E-state index is 0.0787. The molecule has 3 aromatic rings. The Morgan fingerprint density at radius 2 is 1.68 bits per heavy atom. The lowest BCUT2D eigenvalue weighted by molar-refractivity contribution is -0.118. The molecule has 0 aliphatic rings. The molecule has 1 heterocycles. The fourth-order valence-electron chi connectivity index (χ4n) is 4.18. The van der Waals surface area contributed by atoms with Crippen LogP contribution in [0.15, 0.2) is 46.0 Å². The summed E-state index contributed by atoms with van der Waals surface area (Å²) in [5.41, 5.74) is 0.893. The number of hydrogen-bond acceptors (Lipinski definition) is 6. The third-order valence-electron chi connectivity index (χ3n) is 6.00. The molecule has 2 N–H and O–H groups in total. The summed E-state index contributed by atoms with van der Waals surface area (Å²) in [6.07, 6.45) is 0.780. The van der Waals surface area contributed by atoms with Crippen molar-refractivity contribution in [1.82, 2.24) is 9.13 Å². The lowest BCUT2D eigenvalue weighted by Gasteiger charge is -2.15. The lowest BCUT2D eigenvalue weighted by atomic mass is 10.0. The number of anilines is 2. The second kappa shape index (κ2) is 13.0. The molecule has 0 aliphatic carbocycles. The van der Waals surface area contributed by atoms with E-state index >= 15 is 0 Å². The van der Waals surface area contributed by atoms with Gasteiger partial charge in [-0.1, -0.05) is 18.5 Å². The predicted octanol–water partition coefficient (Wildman–Crippen LogP) is 3.74. The predicted molar refractivity (Wildman–Crippen MR) is 146 cm³/mol. The summed E-state index contributed by atoms with van der Waals surface area (Å²) >= 11 is 6.00. The molecular weight excluding hydrogens is 510 g/mol. The number of nitrogens with one attached hydrogen (secondary N) is 2. The zero-order chi connectivity index (χ0) is 27.8. The molecule has 1 unspecified atom stereocenters. The van der Waals surface area contributed by atoms with E-state index in [1.165, 1.54) is 16.7 Å². The van der Waals surface area contributed by atoms with Gasteiger partial charge in [-0.3, -0.25) is 23.5 Å². The van der Waals surface area contributed by atoms with E-state index in [0.717, 1.165) is 0 Å². The van der Waals surface area contributed by atoms with Crippen LogP contribution >= 0.6 is 11.6 Å². The van der Waals surface area contributed by atoms with Crippen molar-refractivity contribution in [2.24, 2.45) is 5.92 Å². The molecule has 11 heteroatoms. The van der Waals surface area contributed by atoms with Gasteiger partial charge in [0.1, 0.15) is 6.07 Å². The van der Waals surface area contributed by atoms with Crippen LogP contribution in [0.2, 0.25) is 5.02 Å². The zero-order valence-corrected chi connectivity index (χ0v) is 22.3. The van der Waals surface area contributed by atoms with Crippen molar-refractivity contribution in [3.8, 4) is 6.07 Å². The summed E-state index contributed by atoms with van der Waals surface area (Å²) in [7, 11) is 1.58. The third-order valence-corrected chi connectivity index (χ3v) is 6.31. The number of aryl methyl sites for hydroxylation is 1. The molecule has 0 saturated carbocycles. The van der Waals surface area contributed by atoms with Crippen LogP contribution in [0.4, 0.5) is 11.4 Å². The van der Waals surface area contributed by atoms with E-state index in [-0.39, 0.29) is 47.8 Å². The SMILES string of the molecule is CCn1c(=O)c2cc(NC(=O)CC(C)CC(=O)Nc3ccc(C#N)c(Cl)c3)ccc2n(CCCOC)c1=O. The van der Waals surface area contributed by atoms with Crippen LogP contribution < -0.4 is 21.9 Å². The maximum Gasteiger partial charge on any atom is 0.331 e. The van der Waals surface area contributed by atoms with Crippen molar-refractivity contribution in [2.45, 2.75) is 46.2 Å². The van der Waals surface area contributed by atoms with E-state index < -0.39 is 5.56 Å². The van der Waals surface area contributed by atoms with Crippen molar-refractivity contribution in [1.29, 1.82) is 5.26 Å². The number of benzene rings is 2. The van der Waals surface area contributed by atoms with E-state index in [1.54, 1.807) is 49.8 Å². The molecule has 38 heavy (non-hydrogen) atoms. The highest BCUT2D eigenvalue weighted by Gasteiger charge is 2.16. The largest absolute Gasteiger partial charge is 0.385 e. The van der Waals surface area contributed by atoms with Gasteiger partial charge in [0.05, 0.1) is 21.5 Å². The van der Waals surface area contributed by atoms with E-state index in [1.807, 2.05) is 6.07 Å². The Morgan fingerprint density at radius 1 is 1.05 bits per heavy atom. The first-order valence-corrected chi connectivity index (χ1v) is 12.6. The number of hydrogen-bond donors (Lipinski definition) is 2. The number of halogens is 1. The van der Waals surface area contributed by atoms with Crippen LogP contribution in [-0.2, 0) is 27.4 Å². The summed E-state index contributed by atoms with van der Waals surface area (Å²) in [6, 6.07) is 11.4. The summed E-state index contributed by atoms with van der Waals surface area (Å²) in [5, 5.41) is 15.0. The third kappa shape index (κ3) is 6.88. The minimum atomic E-state index is -0.417. The number of nitrogens with zero attached hydrogens (tertiary/aromatic N) is 3. The Hall–Kier alpha value is -3.94. The van der Waals surface area contributed by atoms with Crippen LogP contribution in [0.1, 0.15) is 38.7 Å². The first-order valence-electron chi connectivity index (χ1n) is 12.2. The van der Waals surface area contributed by atoms with Gasteiger partial charge in [-0.25, -0.2) is 4.79 Å². The Kier molecular flexibility index (Phi) is 9.82. The molecule has 0 radical (unpaired) electrons. The van der Waals surface area contributed by atoms with Gasteiger partial charge in [0.15, 0.2) is 0 Å². The van der Waals surface area contributed by atoms with Gasteiger partial charge >= 0.3 is 5.69 Å². The Morgan fingerprint density at radius 3 is 2.26 bits per heavy atom. The molecule has 0 fully saturated rings. The van der Waals surface area contributed by atoms with Crippen molar-refractivity contribution in [3.05, 3.63) is 67.8 Å². The summed E-state index contributed by atoms with van der Waals surface area (Å²) in [6.45, 7) is 4.61. The molecular formula is C27H30ClN5O5. The number of ether oxygens (including phenoxy) is 1. The van der Waals surface area contributed by atoms with E-state index in [0.29, 0.717) is 47.4 Å². The molecule has 2 amide bonds. The smallest absolute Gasteiger partial charge is 0.331 e. The first-order chi connectivity index (χ1) is 18.2. The standard InChI is InChI=1S/C27H30ClN5O5/c1-4-32-26(36)21-14-19(8-9-23(21)33(27(32)37)10-5-11-38-3)30-24(34)12-17(2)13-25(35)31-20-7-6-18(16-29)22(28)15-20/h6-9,14-15,17H,4-5,10-13H2,1-3H3,(H,30,34)(H,31,35). The molecule has 0 saturated heterocycles. The Bertz CT molecular complexity index is 1500. The molecule has 0 aliphatic heterocycles. The number of rotatable bonds is 11. The average molecular weight is 540 g/mol. The van der Waals surface area contributed by atoms with Crippen LogP contribution in [0, 0.1) is 17.2 Å². The number of aromatic nitrogens is 2. The quantitative estimate of drug-likeness (QED) is 0.356. The van der Waals surface area contributed by atoms with Gasteiger partial charge in [-0.2, -0.15) is 5.26 Å². The Labute approximate surface area is 224 Å². The van der Waals surface area contributed by atoms with E-state index in [2.05, 4.69) is 10.6 Å². The summed E-state index contributed by atoms with van der Waals surface area (Å²) in [5.74, 6) is -0.869. The minimum Gasteiger partial charge on any atom is -0.385 e. The fourth-order valence-corrected chi connectivity index (χ4v) is 4.40. The van der Waals surface area contributed by atoms with Crippen molar-refractivity contribution >= 4 is 45.7 Å². The number of fused-ring (bicyclic) bond motifs is 1. The molecule has 200 valence electrons. The number of methoxy groups -OCH3 is 1. The number of amides is 2. The van der Waals surface area contributed by atoms with Gasteiger partial charge in [0.25, 0.3) is 5.56 Å². The lowest BCUT2D eigenvalue weighted by Crippen LogP contribution is -2.39. The van der Waals surface area contributed by atoms with Crippen LogP contribution in [0.25, 0.3) is 10.9 Å². The topological polar surface area (TPSA) is 135 Å². The highest BCUT2D eigenvalue weighted by Crippen LogP contribution is 2.21. The summed E-state index contributed by atoms with van der Waals surface area (Å²) < 4.78 is 7.80. The van der Waals surface area contributed by atoms with Crippen LogP contribution in [0.3, 0.4) is 0 Å². The first kappa shape index (κ1) is 28.6. The molecule has 1 aromatic heterocycles. The molecule has 0 bridgehead atoms. The highest BCUT2D eigenvalue weighted by atomic mass is 35.5. The van der Waals surface area contributed by atoms with Crippen molar-refractivity contribution in [3.63, 3.8) is 0 Å². The number of carbonyl (C=O) groups is 2.